The summed E-state index contributed by atoms with van der Waals surface area (Å²) < 4.78 is 15.4. The van der Waals surface area contributed by atoms with Gasteiger partial charge in [0.2, 0.25) is 0 Å². The van der Waals surface area contributed by atoms with E-state index in [9.17, 15) is 9.59 Å². The number of ether oxygens (including phenoxy) is 3. The van der Waals surface area contributed by atoms with Crippen molar-refractivity contribution >= 4 is 29.6 Å². The van der Waals surface area contributed by atoms with E-state index in [2.05, 4.69) is 19.2 Å². The predicted octanol–water partition coefficient (Wildman–Crippen LogP) is 3.85. The number of amides is 1. The van der Waals surface area contributed by atoms with Crippen LogP contribution in [0, 0.1) is 11.8 Å². The molecule has 1 N–H and O–H groups in total. The topological polar surface area (TPSA) is 73.9 Å². The van der Waals surface area contributed by atoms with Gasteiger partial charge < -0.3 is 19.5 Å². The van der Waals surface area contributed by atoms with Crippen LogP contribution in [0.5, 0.6) is 11.5 Å². The first-order chi connectivity index (χ1) is 13.3. The minimum Gasteiger partial charge on any atom is -0.493 e. The Hall–Kier alpha value is -2.21. The maximum Gasteiger partial charge on any atom is 0.331 e. The number of hydrogen-bond acceptors (Lipinski definition) is 5. The third-order valence-electron chi connectivity index (χ3n) is 5.27. The van der Waals surface area contributed by atoms with Crippen molar-refractivity contribution in [1.29, 1.82) is 0 Å². The molecule has 1 aromatic carbocycles. The number of carbonyl (C=O) groups excluding carboxylic acids is 2. The molecular weight excluding hydrogens is 382 g/mol. The van der Waals surface area contributed by atoms with E-state index in [-0.39, 0.29) is 18.6 Å². The van der Waals surface area contributed by atoms with Gasteiger partial charge in [0.25, 0.3) is 5.91 Å². The highest BCUT2D eigenvalue weighted by atomic mass is 35.5. The van der Waals surface area contributed by atoms with Crippen LogP contribution in [0.15, 0.2) is 18.2 Å². The van der Waals surface area contributed by atoms with Crippen molar-refractivity contribution in [3.05, 3.63) is 28.8 Å². The highest BCUT2D eigenvalue weighted by Crippen LogP contribution is 2.36. The molecule has 0 spiro atoms. The number of hydrogen-bond donors (Lipinski definition) is 1. The van der Waals surface area contributed by atoms with Crippen molar-refractivity contribution in [2.75, 3.05) is 20.8 Å². The van der Waals surface area contributed by atoms with Crippen LogP contribution < -0.4 is 14.8 Å². The fourth-order valence-electron chi connectivity index (χ4n) is 3.42. The standard InChI is InChI=1S/C21H28ClNO5/c1-13-6-5-7-17(14(13)2)23-19(24)12-28-20(25)9-8-15-10-16(22)21(27-4)18(11-15)26-3/h8-11,13-14,17H,5-7,12H2,1-4H3,(H,23,24)/b9-8+/t13-,14+,17+/m0/s1. The number of halogens is 1. The van der Waals surface area contributed by atoms with Crippen molar-refractivity contribution in [2.24, 2.45) is 11.8 Å². The molecule has 0 unspecified atom stereocenters. The minimum atomic E-state index is -0.605. The summed E-state index contributed by atoms with van der Waals surface area (Å²) in [6, 6.07) is 3.47. The molecule has 1 aliphatic carbocycles. The van der Waals surface area contributed by atoms with E-state index in [0.717, 1.165) is 12.8 Å². The van der Waals surface area contributed by atoms with Crippen LogP contribution in [0.25, 0.3) is 6.08 Å². The molecule has 1 amide bonds. The Labute approximate surface area is 171 Å². The van der Waals surface area contributed by atoms with Gasteiger partial charge in [-0.2, -0.15) is 0 Å². The molecule has 1 saturated carbocycles. The fraction of sp³-hybridized carbons (Fsp3) is 0.524. The number of esters is 1. The molecule has 0 bridgehead atoms. The van der Waals surface area contributed by atoms with Gasteiger partial charge in [0.15, 0.2) is 18.1 Å². The number of benzene rings is 1. The molecule has 28 heavy (non-hydrogen) atoms. The zero-order chi connectivity index (χ0) is 20.7. The largest absolute Gasteiger partial charge is 0.493 e. The van der Waals surface area contributed by atoms with Crippen molar-refractivity contribution in [3.63, 3.8) is 0 Å². The number of rotatable bonds is 7. The Balaban J connectivity index is 1.86. The first-order valence-corrected chi connectivity index (χ1v) is 9.79. The molecule has 1 fully saturated rings. The van der Waals surface area contributed by atoms with Crippen LogP contribution in [0.4, 0.5) is 0 Å². The Morgan fingerprint density at radius 2 is 1.96 bits per heavy atom. The molecule has 7 heteroatoms. The normalized spacial score (nSPS) is 22.0. The van der Waals surface area contributed by atoms with E-state index in [0.29, 0.717) is 33.9 Å². The second kappa shape index (κ2) is 10.4. The summed E-state index contributed by atoms with van der Waals surface area (Å²) in [6.07, 6.45) is 6.04. The zero-order valence-electron chi connectivity index (χ0n) is 16.8. The van der Waals surface area contributed by atoms with Gasteiger partial charge >= 0.3 is 5.97 Å². The molecule has 3 atom stereocenters. The SMILES string of the molecule is COc1cc(/C=C/C(=O)OCC(=O)N[C@@H]2CCC[C@H](C)[C@H]2C)cc(Cl)c1OC. The van der Waals surface area contributed by atoms with Crippen LogP contribution in [0.2, 0.25) is 5.02 Å². The predicted molar refractivity (Wildman–Crippen MR) is 109 cm³/mol. The van der Waals surface area contributed by atoms with Crippen molar-refractivity contribution in [2.45, 2.75) is 39.2 Å². The van der Waals surface area contributed by atoms with Gasteiger partial charge in [-0.1, -0.05) is 38.3 Å². The second-order valence-corrected chi connectivity index (χ2v) is 7.53. The van der Waals surface area contributed by atoms with Crippen molar-refractivity contribution < 1.29 is 23.8 Å². The highest BCUT2D eigenvalue weighted by molar-refractivity contribution is 6.32. The molecule has 6 nitrogen and oxygen atoms in total. The summed E-state index contributed by atoms with van der Waals surface area (Å²) >= 11 is 6.14. The Bertz CT molecular complexity index is 734. The van der Waals surface area contributed by atoms with E-state index in [1.807, 2.05) is 0 Å². The van der Waals surface area contributed by atoms with Gasteiger partial charge in [0.1, 0.15) is 0 Å². The summed E-state index contributed by atoms with van der Waals surface area (Å²) in [6.45, 7) is 4.06. The number of methoxy groups -OCH3 is 2. The van der Waals surface area contributed by atoms with E-state index in [1.54, 1.807) is 18.2 Å². The molecule has 0 heterocycles. The van der Waals surface area contributed by atoms with Crippen molar-refractivity contribution in [1.82, 2.24) is 5.32 Å². The van der Waals surface area contributed by atoms with Gasteiger partial charge in [-0.15, -0.1) is 0 Å². The Morgan fingerprint density at radius 3 is 2.64 bits per heavy atom. The average molecular weight is 410 g/mol. The van der Waals surface area contributed by atoms with Crippen LogP contribution in [-0.2, 0) is 14.3 Å². The third-order valence-corrected chi connectivity index (χ3v) is 5.55. The maximum absolute atomic E-state index is 12.1. The van der Waals surface area contributed by atoms with Gasteiger partial charge in [-0.25, -0.2) is 4.79 Å². The lowest BCUT2D eigenvalue weighted by Gasteiger charge is -2.34. The molecular formula is C21H28ClNO5. The van der Waals surface area contributed by atoms with Gasteiger partial charge in [-0.05, 0) is 42.0 Å². The Morgan fingerprint density at radius 1 is 1.21 bits per heavy atom. The van der Waals surface area contributed by atoms with Crippen LogP contribution in [0.1, 0.15) is 38.7 Å². The first-order valence-electron chi connectivity index (χ1n) is 9.41. The lowest BCUT2D eigenvalue weighted by Crippen LogP contribution is -2.45. The van der Waals surface area contributed by atoms with E-state index in [1.165, 1.54) is 26.7 Å². The fourth-order valence-corrected chi connectivity index (χ4v) is 3.71. The number of nitrogens with one attached hydrogen (secondary N) is 1. The molecule has 0 aromatic heterocycles. The molecule has 1 aromatic rings. The highest BCUT2D eigenvalue weighted by Gasteiger charge is 2.28. The summed E-state index contributed by atoms with van der Waals surface area (Å²) in [7, 11) is 3.00. The average Bonchev–Trinajstić information content (AvgIpc) is 2.67. The monoisotopic (exact) mass is 409 g/mol. The van der Waals surface area contributed by atoms with Gasteiger partial charge in [-0.3, -0.25) is 4.79 Å². The first kappa shape index (κ1) is 22.1. The second-order valence-electron chi connectivity index (χ2n) is 7.12. The summed E-state index contributed by atoms with van der Waals surface area (Å²) in [5, 5.41) is 3.34. The molecule has 1 aliphatic rings. The van der Waals surface area contributed by atoms with Crippen molar-refractivity contribution in [3.8, 4) is 11.5 Å². The molecule has 0 radical (unpaired) electrons. The molecule has 2 rings (SSSR count). The van der Waals surface area contributed by atoms with Crippen LogP contribution >= 0.6 is 11.6 Å². The van der Waals surface area contributed by atoms with E-state index >= 15 is 0 Å². The molecule has 0 saturated heterocycles. The van der Waals surface area contributed by atoms with E-state index < -0.39 is 5.97 Å². The molecule has 154 valence electrons. The lowest BCUT2D eigenvalue weighted by molar-refractivity contribution is -0.144. The summed E-state index contributed by atoms with van der Waals surface area (Å²) in [5.41, 5.74) is 0.647. The quantitative estimate of drug-likeness (QED) is 0.546. The smallest absolute Gasteiger partial charge is 0.331 e. The van der Waals surface area contributed by atoms with Crippen LogP contribution in [-0.4, -0.2) is 38.7 Å². The summed E-state index contributed by atoms with van der Waals surface area (Å²) in [5.74, 6) is 0.999. The minimum absolute atomic E-state index is 0.138. The maximum atomic E-state index is 12.1. The van der Waals surface area contributed by atoms with Gasteiger partial charge in [0.05, 0.1) is 19.2 Å². The number of carbonyl (C=O) groups is 2. The Kier molecular flexibility index (Phi) is 8.18. The third kappa shape index (κ3) is 5.89. The summed E-state index contributed by atoms with van der Waals surface area (Å²) in [4.78, 5) is 24.0. The van der Waals surface area contributed by atoms with E-state index in [4.69, 9.17) is 25.8 Å². The zero-order valence-corrected chi connectivity index (χ0v) is 17.5. The van der Waals surface area contributed by atoms with Crippen LogP contribution in [0.3, 0.4) is 0 Å². The lowest BCUT2D eigenvalue weighted by atomic mass is 9.78. The van der Waals surface area contributed by atoms with Gasteiger partial charge in [0, 0.05) is 12.1 Å². The molecule has 0 aliphatic heterocycles.